The van der Waals surface area contributed by atoms with Crippen molar-refractivity contribution in [3.8, 4) is 0 Å². The molecule has 1 aromatic heterocycles. The molecule has 28 heavy (non-hydrogen) atoms. The fourth-order valence-corrected chi connectivity index (χ4v) is 3.62. The van der Waals surface area contributed by atoms with Gasteiger partial charge in [-0.05, 0) is 38.8 Å². The highest BCUT2D eigenvalue weighted by Crippen LogP contribution is 1.97. The van der Waals surface area contributed by atoms with E-state index in [1.807, 2.05) is 0 Å². The predicted octanol–water partition coefficient (Wildman–Crippen LogP) is 1.31. The first kappa shape index (κ1) is 23.7. The zero-order chi connectivity index (χ0) is 21.1. The lowest BCUT2D eigenvalue weighted by molar-refractivity contribution is 0.435. The minimum Gasteiger partial charge on any atom is -0.545 e. The first-order valence-electron chi connectivity index (χ1n) is 8.95. The third kappa shape index (κ3) is 7.35. The van der Waals surface area contributed by atoms with Crippen LogP contribution in [0.3, 0.4) is 0 Å². The Morgan fingerprint density at radius 1 is 0.857 bits per heavy atom. The van der Waals surface area contributed by atoms with Crippen molar-refractivity contribution in [3.05, 3.63) is 68.8 Å². The third-order valence-electron chi connectivity index (χ3n) is 3.51. The molecule has 0 aliphatic rings. The maximum Gasteiger partial charge on any atom is 0.336 e. The van der Waals surface area contributed by atoms with E-state index in [4.69, 9.17) is 8.85 Å². The summed E-state index contributed by atoms with van der Waals surface area (Å²) < 4.78 is 13.9. The maximum atomic E-state index is 12.7. The first-order chi connectivity index (χ1) is 13.3. The van der Waals surface area contributed by atoms with E-state index in [0.29, 0.717) is 36.4 Å². The second-order valence-electron chi connectivity index (χ2n) is 6.15. The van der Waals surface area contributed by atoms with Crippen LogP contribution in [0.2, 0.25) is 12.1 Å². The molecule has 0 bridgehead atoms. The Labute approximate surface area is 169 Å². The van der Waals surface area contributed by atoms with Crippen molar-refractivity contribution in [2.45, 2.75) is 58.4 Å². The molecule has 0 atom stereocenters. The van der Waals surface area contributed by atoms with Gasteiger partial charge < -0.3 is 8.85 Å². The van der Waals surface area contributed by atoms with Crippen LogP contribution >= 0.6 is 0 Å². The van der Waals surface area contributed by atoms with Gasteiger partial charge in [0.25, 0.3) is 0 Å². The Balaban J connectivity index is 2.96. The van der Waals surface area contributed by atoms with Crippen molar-refractivity contribution in [3.63, 3.8) is 0 Å². The van der Waals surface area contributed by atoms with Crippen molar-refractivity contribution in [1.82, 2.24) is 13.7 Å². The van der Waals surface area contributed by atoms with E-state index in [2.05, 4.69) is 19.7 Å². The summed E-state index contributed by atoms with van der Waals surface area (Å²) in [4.78, 5) is 37.9. The normalized spacial score (nSPS) is 10.5. The minimum atomic E-state index is -0.609. The van der Waals surface area contributed by atoms with Gasteiger partial charge in [0.05, 0.1) is 18.1 Å². The predicted molar refractivity (Wildman–Crippen MR) is 112 cm³/mol. The number of allylic oxidation sites excluding steroid dienone is 3. The Bertz CT molecular complexity index is 807. The van der Waals surface area contributed by atoms with E-state index < -0.39 is 17.1 Å². The third-order valence-corrected chi connectivity index (χ3v) is 5.61. The lowest BCUT2D eigenvalue weighted by Crippen LogP contribution is -2.54. The first-order valence-corrected chi connectivity index (χ1v) is 11.2. The Hall–Kier alpha value is -2.34. The second-order valence-corrected chi connectivity index (χ2v) is 8.14. The molecule has 0 saturated carbocycles. The van der Waals surface area contributed by atoms with Gasteiger partial charge in [0.2, 0.25) is 0 Å². The van der Waals surface area contributed by atoms with Gasteiger partial charge in [-0.3, -0.25) is 0 Å². The highest BCUT2D eigenvalue weighted by atomic mass is 28.2. The summed E-state index contributed by atoms with van der Waals surface area (Å²) in [6.45, 7) is 14.9. The smallest absolute Gasteiger partial charge is 0.336 e. The van der Waals surface area contributed by atoms with Gasteiger partial charge in [-0.1, -0.05) is 19.2 Å². The molecule has 0 unspecified atom stereocenters. The zero-order valence-corrected chi connectivity index (χ0v) is 18.5. The van der Waals surface area contributed by atoms with Crippen molar-refractivity contribution < 1.29 is 8.85 Å². The van der Waals surface area contributed by atoms with Crippen LogP contribution in [0, 0.1) is 0 Å². The van der Waals surface area contributed by atoms with Crippen LogP contribution in [0.15, 0.2) is 51.7 Å². The molecule has 0 aliphatic heterocycles. The van der Waals surface area contributed by atoms with Crippen LogP contribution in [0.1, 0.15) is 26.7 Å². The standard InChI is InChI=1S/C18H27N3O5Si2/c1-6-9-19-16(22)20(10-7-12-27-25-14(2)3)18(24)21(17(19)23)11-8-13-28-26-15(4)5/h6H,1-2,4,7-13H2,3,5H3. The molecule has 1 heterocycles. The van der Waals surface area contributed by atoms with Crippen LogP contribution in [0.4, 0.5) is 0 Å². The zero-order valence-electron chi connectivity index (χ0n) is 16.5. The summed E-state index contributed by atoms with van der Waals surface area (Å²) in [5, 5.41) is 0. The molecule has 0 aliphatic carbocycles. The van der Waals surface area contributed by atoms with E-state index in [-0.39, 0.29) is 39.2 Å². The molecule has 8 nitrogen and oxygen atoms in total. The van der Waals surface area contributed by atoms with Crippen molar-refractivity contribution in [2.24, 2.45) is 0 Å². The van der Waals surface area contributed by atoms with E-state index in [1.54, 1.807) is 13.8 Å². The van der Waals surface area contributed by atoms with Gasteiger partial charge >= 0.3 is 36.6 Å². The summed E-state index contributed by atoms with van der Waals surface area (Å²) in [5.74, 6) is 1.27. The summed E-state index contributed by atoms with van der Waals surface area (Å²) in [5.41, 5.74) is -1.80. The van der Waals surface area contributed by atoms with Crippen LogP contribution in [-0.2, 0) is 28.5 Å². The van der Waals surface area contributed by atoms with Gasteiger partial charge in [0.15, 0.2) is 0 Å². The number of rotatable bonds is 14. The fourth-order valence-electron chi connectivity index (χ4n) is 2.32. The van der Waals surface area contributed by atoms with Crippen LogP contribution in [-0.4, -0.2) is 33.2 Å². The largest absolute Gasteiger partial charge is 0.545 e. The van der Waals surface area contributed by atoms with Gasteiger partial charge in [-0.25, -0.2) is 28.1 Å². The van der Waals surface area contributed by atoms with Gasteiger partial charge in [-0.15, -0.1) is 6.58 Å². The van der Waals surface area contributed by atoms with Crippen molar-refractivity contribution in [1.29, 1.82) is 0 Å². The van der Waals surface area contributed by atoms with Gasteiger partial charge in [0, 0.05) is 13.1 Å². The van der Waals surface area contributed by atoms with Crippen LogP contribution < -0.4 is 17.1 Å². The summed E-state index contributed by atoms with van der Waals surface area (Å²) in [7, 11) is 0.439. The molecule has 0 spiro atoms. The van der Waals surface area contributed by atoms with Crippen molar-refractivity contribution >= 4 is 19.5 Å². The lowest BCUT2D eigenvalue weighted by Gasteiger charge is -2.13. The molecular formula is C18H27N3O5Si2. The molecule has 1 aromatic rings. The molecule has 0 saturated heterocycles. The molecular weight excluding hydrogens is 394 g/mol. The molecule has 1 rings (SSSR count). The molecule has 152 valence electrons. The van der Waals surface area contributed by atoms with Crippen LogP contribution in [0.5, 0.6) is 0 Å². The molecule has 10 heteroatoms. The average molecular weight is 422 g/mol. The molecule has 0 aromatic carbocycles. The van der Waals surface area contributed by atoms with E-state index in [0.717, 1.165) is 13.7 Å². The van der Waals surface area contributed by atoms with Gasteiger partial charge in [0.1, 0.15) is 0 Å². The molecule has 4 radical (unpaired) electrons. The summed E-state index contributed by atoms with van der Waals surface area (Å²) >= 11 is 0. The molecule has 0 N–H and O–H groups in total. The number of hydrogen-bond donors (Lipinski definition) is 0. The Kier molecular flexibility index (Phi) is 10.3. The van der Waals surface area contributed by atoms with E-state index >= 15 is 0 Å². The highest BCUT2D eigenvalue weighted by molar-refractivity contribution is 6.27. The lowest BCUT2D eigenvalue weighted by atomic mass is 10.4. The minimum absolute atomic E-state index is 0.0546. The fraction of sp³-hybridized carbons (Fsp3) is 0.500. The summed E-state index contributed by atoms with van der Waals surface area (Å²) in [6.07, 6.45) is 2.63. The maximum absolute atomic E-state index is 12.7. The van der Waals surface area contributed by atoms with Crippen molar-refractivity contribution in [2.75, 3.05) is 0 Å². The highest BCUT2D eigenvalue weighted by Gasteiger charge is 2.14. The van der Waals surface area contributed by atoms with E-state index in [1.165, 1.54) is 6.08 Å². The number of aromatic nitrogens is 3. The number of nitrogens with zero attached hydrogens (tertiary/aromatic N) is 3. The molecule has 0 amide bonds. The second kappa shape index (κ2) is 12.2. The molecule has 0 fully saturated rings. The monoisotopic (exact) mass is 421 g/mol. The summed E-state index contributed by atoms with van der Waals surface area (Å²) in [6, 6.07) is 1.39. The quantitative estimate of drug-likeness (QED) is 0.196. The Morgan fingerprint density at radius 3 is 1.61 bits per heavy atom. The SMILES string of the molecule is C=CCn1c(=O)n(CCC[Si]OC(=C)C)c(=O)n(CCC[Si]OC(=C)C)c1=O. The van der Waals surface area contributed by atoms with Gasteiger partial charge in [-0.2, -0.15) is 0 Å². The van der Waals surface area contributed by atoms with Crippen LogP contribution in [0.25, 0.3) is 0 Å². The van der Waals surface area contributed by atoms with E-state index in [9.17, 15) is 14.4 Å². The topological polar surface area (TPSA) is 84.5 Å². The number of hydrogen-bond acceptors (Lipinski definition) is 5. The average Bonchev–Trinajstić information content (AvgIpc) is 2.62. The Morgan fingerprint density at radius 2 is 1.25 bits per heavy atom.